The second-order valence-electron chi connectivity index (χ2n) is 3.20. The van der Waals surface area contributed by atoms with Gasteiger partial charge in [0, 0.05) is 5.56 Å². The molecule has 84 valence electrons. The topological polar surface area (TPSA) is 79.8 Å². The van der Waals surface area contributed by atoms with E-state index in [1.165, 1.54) is 17.6 Å². The Morgan fingerprint density at radius 2 is 2.29 bits per heavy atom. The molecule has 0 spiro atoms. The number of halogens is 1. The van der Waals surface area contributed by atoms with Crippen molar-refractivity contribution in [2.45, 2.75) is 0 Å². The molecule has 0 aliphatic heterocycles. The normalized spacial score (nSPS) is 9.88. The average molecular weight is 247 g/mol. The zero-order valence-corrected chi connectivity index (χ0v) is 9.29. The van der Waals surface area contributed by atoms with Gasteiger partial charge in [0.05, 0.1) is 11.1 Å². The van der Waals surface area contributed by atoms with E-state index in [1.807, 2.05) is 0 Å². The Kier molecular flexibility index (Phi) is 2.85. The summed E-state index contributed by atoms with van der Waals surface area (Å²) in [6.45, 7) is 0. The van der Waals surface area contributed by atoms with Crippen LogP contribution in [0.3, 0.4) is 0 Å². The fourth-order valence-corrected chi connectivity index (χ4v) is 1.97. The molecule has 2 N–H and O–H groups in total. The third-order valence-corrected chi connectivity index (χ3v) is 2.99. The van der Waals surface area contributed by atoms with Crippen LogP contribution in [0, 0.1) is 17.1 Å². The summed E-state index contributed by atoms with van der Waals surface area (Å²) in [5.74, 6) is -0.986. The van der Waals surface area contributed by atoms with Crippen molar-refractivity contribution in [3.05, 3.63) is 45.5 Å². The van der Waals surface area contributed by atoms with Gasteiger partial charge in [-0.3, -0.25) is 4.79 Å². The number of ketones is 1. The molecule has 0 fully saturated rings. The quantitative estimate of drug-likeness (QED) is 0.823. The lowest BCUT2D eigenvalue weighted by Gasteiger charge is -2.00. The first-order valence-electron chi connectivity index (χ1n) is 4.57. The summed E-state index contributed by atoms with van der Waals surface area (Å²) in [7, 11) is 0. The molecule has 0 saturated heterocycles. The van der Waals surface area contributed by atoms with Gasteiger partial charge < -0.3 is 5.73 Å². The number of thiazole rings is 1. The van der Waals surface area contributed by atoms with Crippen LogP contribution in [-0.2, 0) is 0 Å². The highest BCUT2D eigenvalue weighted by atomic mass is 32.1. The molecule has 1 heterocycles. The van der Waals surface area contributed by atoms with Gasteiger partial charge in [-0.1, -0.05) is 0 Å². The number of hydrogen-bond acceptors (Lipinski definition) is 5. The van der Waals surface area contributed by atoms with Crippen molar-refractivity contribution in [3.63, 3.8) is 0 Å². The van der Waals surface area contributed by atoms with E-state index in [9.17, 15) is 9.18 Å². The molecule has 0 saturated carbocycles. The van der Waals surface area contributed by atoms with E-state index in [-0.39, 0.29) is 21.8 Å². The Labute approximate surface area is 100 Å². The molecular formula is C11H6FN3OS. The van der Waals surface area contributed by atoms with Crippen LogP contribution in [0.2, 0.25) is 0 Å². The average Bonchev–Trinajstić information content (AvgIpc) is 2.74. The molecule has 6 heteroatoms. The van der Waals surface area contributed by atoms with E-state index in [1.54, 1.807) is 6.07 Å². The predicted octanol–water partition coefficient (Wildman–Crippen LogP) is 1.97. The Morgan fingerprint density at radius 1 is 1.53 bits per heavy atom. The van der Waals surface area contributed by atoms with Crippen molar-refractivity contribution >= 4 is 22.9 Å². The fourth-order valence-electron chi connectivity index (χ4n) is 1.30. The molecular weight excluding hydrogens is 241 g/mol. The van der Waals surface area contributed by atoms with Crippen LogP contribution in [-0.4, -0.2) is 10.8 Å². The molecule has 0 amide bonds. The molecule has 0 aliphatic carbocycles. The van der Waals surface area contributed by atoms with Gasteiger partial charge in [0.2, 0.25) is 5.78 Å². The minimum atomic E-state index is -0.721. The predicted molar refractivity (Wildman–Crippen MR) is 61.1 cm³/mol. The molecule has 2 aromatic rings. The number of rotatable bonds is 2. The van der Waals surface area contributed by atoms with Crippen LogP contribution in [0.4, 0.5) is 10.2 Å². The van der Waals surface area contributed by atoms with Crippen molar-refractivity contribution < 1.29 is 9.18 Å². The van der Waals surface area contributed by atoms with Gasteiger partial charge in [-0.15, -0.1) is 11.3 Å². The van der Waals surface area contributed by atoms with E-state index in [0.29, 0.717) is 0 Å². The SMILES string of the molecule is N#Cc1ccc(C(=O)c2scnc2N)cc1F. The lowest BCUT2D eigenvalue weighted by Crippen LogP contribution is -2.03. The van der Waals surface area contributed by atoms with Gasteiger partial charge in [-0.05, 0) is 18.2 Å². The van der Waals surface area contributed by atoms with E-state index in [2.05, 4.69) is 4.98 Å². The number of carbonyl (C=O) groups excluding carboxylic acids is 1. The summed E-state index contributed by atoms with van der Waals surface area (Å²) in [6.07, 6.45) is 0. The van der Waals surface area contributed by atoms with Crippen molar-refractivity contribution in [2.24, 2.45) is 0 Å². The first-order valence-corrected chi connectivity index (χ1v) is 5.44. The number of nitriles is 1. The van der Waals surface area contributed by atoms with Gasteiger partial charge in [-0.25, -0.2) is 9.37 Å². The number of nitrogens with zero attached hydrogens (tertiary/aromatic N) is 2. The highest BCUT2D eigenvalue weighted by Gasteiger charge is 2.16. The summed E-state index contributed by atoms with van der Waals surface area (Å²) in [4.78, 5) is 15.9. The molecule has 0 bridgehead atoms. The summed E-state index contributed by atoms with van der Waals surface area (Å²) >= 11 is 1.10. The molecule has 0 unspecified atom stereocenters. The van der Waals surface area contributed by atoms with Crippen LogP contribution >= 0.6 is 11.3 Å². The zero-order chi connectivity index (χ0) is 12.4. The lowest BCUT2D eigenvalue weighted by atomic mass is 10.1. The molecule has 0 atom stereocenters. The minimum Gasteiger partial charge on any atom is -0.382 e. The van der Waals surface area contributed by atoms with E-state index >= 15 is 0 Å². The van der Waals surface area contributed by atoms with Crippen molar-refractivity contribution in [1.29, 1.82) is 5.26 Å². The van der Waals surface area contributed by atoms with Crippen molar-refractivity contribution in [3.8, 4) is 6.07 Å². The van der Waals surface area contributed by atoms with Gasteiger partial charge in [0.1, 0.15) is 22.6 Å². The first kappa shape index (κ1) is 11.2. The fraction of sp³-hybridized carbons (Fsp3) is 0. The molecule has 17 heavy (non-hydrogen) atoms. The maximum atomic E-state index is 13.3. The third-order valence-electron chi connectivity index (χ3n) is 2.15. The van der Waals surface area contributed by atoms with Crippen LogP contribution < -0.4 is 5.73 Å². The zero-order valence-electron chi connectivity index (χ0n) is 8.48. The second-order valence-corrected chi connectivity index (χ2v) is 4.06. The van der Waals surface area contributed by atoms with Gasteiger partial charge in [0.25, 0.3) is 0 Å². The van der Waals surface area contributed by atoms with Crippen molar-refractivity contribution in [2.75, 3.05) is 5.73 Å². The van der Waals surface area contributed by atoms with Crippen molar-refractivity contribution in [1.82, 2.24) is 4.98 Å². The molecule has 1 aromatic carbocycles. The van der Waals surface area contributed by atoms with Crippen LogP contribution in [0.25, 0.3) is 0 Å². The smallest absolute Gasteiger partial charge is 0.206 e. The standard InChI is InChI=1S/C11H6FN3OS/c12-8-3-6(1-2-7(8)4-13)9(16)10-11(14)15-5-17-10/h1-3,5H,14H2. The van der Waals surface area contributed by atoms with Crippen LogP contribution in [0.1, 0.15) is 20.8 Å². The minimum absolute atomic E-state index is 0.0983. The molecule has 0 radical (unpaired) electrons. The maximum absolute atomic E-state index is 13.3. The monoisotopic (exact) mass is 247 g/mol. The van der Waals surface area contributed by atoms with Gasteiger partial charge >= 0.3 is 0 Å². The summed E-state index contributed by atoms with van der Waals surface area (Å²) in [5, 5.41) is 8.57. The molecule has 0 aliphatic rings. The Balaban J connectivity index is 2.43. The Bertz CT molecular complexity index is 630. The van der Waals surface area contributed by atoms with Gasteiger partial charge in [0.15, 0.2) is 0 Å². The largest absolute Gasteiger partial charge is 0.382 e. The second kappa shape index (κ2) is 4.31. The van der Waals surface area contributed by atoms with E-state index in [0.717, 1.165) is 17.4 Å². The number of nitrogens with two attached hydrogens (primary N) is 1. The molecule has 2 rings (SSSR count). The summed E-state index contributed by atoms with van der Waals surface area (Å²) in [5.41, 5.74) is 7.00. The number of benzene rings is 1. The Hall–Kier alpha value is -2.26. The van der Waals surface area contributed by atoms with Crippen LogP contribution in [0.5, 0.6) is 0 Å². The number of carbonyl (C=O) groups is 1. The summed E-state index contributed by atoms with van der Waals surface area (Å²) < 4.78 is 13.3. The molecule has 1 aromatic heterocycles. The lowest BCUT2D eigenvalue weighted by molar-refractivity contribution is 0.104. The third kappa shape index (κ3) is 2.00. The van der Waals surface area contributed by atoms with Gasteiger partial charge in [-0.2, -0.15) is 5.26 Å². The number of nitrogen functional groups attached to an aromatic ring is 1. The number of aromatic nitrogens is 1. The first-order chi connectivity index (χ1) is 8.13. The number of hydrogen-bond donors (Lipinski definition) is 1. The maximum Gasteiger partial charge on any atom is 0.206 e. The van der Waals surface area contributed by atoms with E-state index in [4.69, 9.17) is 11.0 Å². The Morgan fingerprint density at radius 3 is 2.82 bits per heavy atom. The summed E-state index contributed by atoms with van der Waals surface area (Å²) in [6, 6.07) is 5.37. The molecule has 4 nitrogen and oxygen atoms in total. The highest BCUT2D eigenvalue weighted by molar-refractivity contribution is 7.12. The highest BCUT2D eigenvalue weighted by Crippen LogP contribution is 2.21. The van der Waals surface area contributed by atoms with E-state index < -0.39 is 11.6 Å². The number of anilines is 1. The van der Waals surface area contributed by atoms with Crippen LogP contribution in [0.15, 0.2) is 23.7 Å².